The van der Waals surface area contributed by atoms with Crippen molar-refractivity contribution < 1.29 is 14.3 Å². The maximum Gasteiger partial charge on any atom is 0.265 e. The Hall–Kier alpha value is -2.82. The zero-order valence-corrected chi connectivity index (χ0v) is 15.1. The lowest BCUT2D eigenvalue weighted by molar-refractivity contribution is -0.122. The van der Waals surface area contributed by atoms with Crippen LogP contribution in [0.4, 0.5) is 11.4 Å². The first-order valence-electron chi connectivity index (χ1n) is 8.35. The maximum absolute atomic E-state index is 12.4. The van der Waals surface area contributed by atoms with E-state index in [1.165, 1.54) is 0 Å². The smallest absolute Gasteiger partial charge is 0.265 e. The third-order valence-electron chi connectivity index (χ3n) is 3.95. The molecule has 0 saturated heterocycles. The highest BCUT2D eigenvalue weighted by molar-refractivity contribution is 5.97. The molecule has 0 radical (unpaired) electrons. The van der Waals surface area contributed by atoms with E-state index in [0.717, 1.165) is 11.1 Å². The molecule has 0 spiro atoms. The molecule has 5 heteroatoms. The molecular weight excluding hydrogens is 316 g/mol. The topological polar surface area (TPSA) is 67.4 Å². The number of anilines is 2. The molecule has 0 aromatic heterocycles. The highest BCUT2D eigenvalue weighted by Crippen LogP contribution is 2.24. The van der Waals surface area contributed by atoms with Crippen LogP contribution in [0.15, 0.2) is 42.5 Å². The second kappa shape index (κ2) is 8.33. The Morgan fingerprint density at radius 1 is 1.00 bits per heavy atom. The van der Waals surface area contributed by atoms with E-state index in [-0.39, 0.29) is 11.8 Å². The van der Waals surface area contributed by atoms with E-state index in [9.17, 15) is 9.59 Å². The highest BCUT2D eigenvalue weighted by atomic mass is 16.5. The predicted octanol–water partition coefficient (Wildman–Crippen LogP) is 4.06. The summed E-state index contributed by atoms with van der Waals surface area (Å²) in [5.74, 6) is 0.374. The second-order valence-corrected chi connectivity index (χ2v) is 5.89. The van der Waals surface area contributed by atoms with Gasteiger partial charge in [0.2, 0.25) is 5.91 Å². The van der Waals surface area contributed by atoms with Crippen molar-refractivity contribution in [1.29, 1.82) is 0 Å². The Morgan fingerprint density at radius 3 is 2.28 bits per heavy atom. The molecule has 5 nitrogen and oxygen atoms in total. The first kappa shape index (κ1) is 18.5. The molecule has 2 aromatic rings. The van der Waals surface area contributed by atoms with Crippen molar-refractivity contribution in [3.8, 4) is 5.75 Å². The number of amides is 2. The molecule has 0 aliphatic heterocycles. The van der Waals surface area contributed by atoms with Gasteiger partial charge in [0.15, 0.2) is 6.10 Å². The number of rotatable bonds is 6. The van der Waals surface area contributed by atoms with Gasteiger partial charge >= 0.3 is 0 Å². The van der Waals surface area contributed by atoms with Gasteiger partial charge in [0.05, 0.1) is 0 Å². The van der Waals surface area contributed by atoms with Gasteiger partial charge in [0.1, 0.15) is 5.75 Å². The molecular formula is C20H24N2O3. The number of ether oxygens (including phenoxy) is 1. The van der Waals surface area contributed by atoms with Gasteiger partial charge in [0.25, 0.3) is 5.91 Å². The fourth-order valence-corrected chi connectivity index (χ4v) is 2.31. The maximum atomic E-state index is 12.4. The molecule has 25 heavy (non-hydrogen) atoms. The van der Waals surface area contributed by atoms with Crippen LogP contribution >= 0.6 is 0 Å². The largest absolute Gasteiger partial charge is 0.481 e. The van der Waals surface area contributed by atoms with E-state index < -0.39 is 6.10 Å². The van der Waals surface area contributed by atoms with Gasteiger partial charge in [-0.3, -0.25) is 9.59 Å². The molecule has 1 unspecified atom stereocenters. The van der Waals surface area contributed by atoms with E-state index in [1.54, 1.807) is 26.0 Å². The average molecular weight is 340 g/mol. The minimum Gasteiger partial charge on any atom is -0.481 e. The van der Waals surface area contributed by atoms with E-state index >= 15 is 0 Å². The number of hydrogen-bond donors (Lipinski definition) is 2. The van der Waals surface area contributed by atoms with Crippen LogP contribution < -0.4 is 15.4 Å². The standard InChI is InChI=1S/C20H24N2O3/c1-5-19(23)21-16-10-8-11-17(14(16)3)22-20(24)15(4)25-18-12-7-6-9-13(18)2/h6-12,15H,5H2,1-4H3,(H,21,23)(H,22,24). The van der Waals surface area contributed by atoms with Crippen LogP contribution in [0.25, 0.3) is 0 Å². The Labute approximate surface area is 148 Å². The number of carbonyl (C=O) groups is 2. The summed E-state index contributed by atoms with van der Waals surface area (Å²) in [6.45, 7) is 7.29. The summed E-state index contributed by atoms with van der Waals surface area (Å²) >= 11 is 0. The lowest BCUT2D eigenvalue weighted by atomic mass is 10.1. The highest BCUT2D eigenvalue weighted by Gasteiger charge is 2.17. The number of nitrogens with one attached hydrogen (secondary N) is 2. The summed E-state index contributed by atoms with van der Waals surface area (Å²) in [4.78, 5) is 24.0. The summed E-state index contributed by atoms with van der Waals surface area (Å²) in [6.07, 6.45) is -0.244. The number of benzene rings is 2. The summed E-state index contributed by atoms with van der Waals surface area (Å²) in [5.41, 5.74) is 3.12. The monoisotopic (exact) mass is 340 g/mol. The molecule has 0 saturated carbocycles. The van der Waals surface area contributed by atoms with Crippen molar-refractivity contribution in [3.63, 3.8) is 0 Å². The normalized spacial score (nSPS) is 11.5. The van der Waals surface area contributed by atoms with Gasteiger partial charge in [0, 0.05) is 17.8 Å². The summed E-state index contributed by atoms with van der Waals surface area (Å²) in [5, 5.41) is 5.69. The van der Waals surface area contributed by atoms with Gasteiger partial charge in [-0.25, -0.2) is 0 Å². The Bertz CT molecular complexity index is 771. The van der Waals surface area contributed by atoms with Gasteiger partial charge in [-0.1, -0.05) is 31.2 Å². The zero-order valence-electron chi connectivity index (χ0n) is 15.1. The lowest BCUT2D eigenvalue weighted by Gasteiger charge is -2.18. The molecule has 2 amide bonds. The Morgan fingerprint density at radius 2 is 1.64 bits per heavy atom. The molecule has 0 bridgehead atoms. The van der Waals surface area contributed by atoms with Crippen LogP contribution in [-0.4, -0.2) is 17.9 Å². The lowest BCUT2D eigenvalue weighted by Crippen LogP contribution is -2.30. The molecule has 1 atom stereocenters. The number of para-hydroxylation sites is 1. The van der Waals surface area contributed by atoms with Gasteiger partial charge in [-0.05, 0) is 50.1 Å². The van der Waals surface area contributed by atoms with Gasteiger partial charge < -0.3 is 15.4 Å². The molecule has 0 heterocycles. The minimum atomic E-state index is -0.644. The SMILES string of the molecule is CCC(=O)Nc1cccc(NC(=O)C(C)Oc2ccccc2C)c1C. The van der Waals surface area contributed by atoms with Crippen molar-refractivity contribution in [1.82, 2.24) is 0 Å². The number of carbonyl (C=O) groups excluding carboxylic acids is 2. The third kappa shape index (κ3) is 4.83. The predicted molar refractivity (Wildman–Crippen MR) is 100.0 cm³/mol. The summed E-state index contributed by atoms with van der Waals surface area (Å²) in [6, 6.07) is 13.0. The molecule has 0 aliphatic rings. The fraction of sp³-hybridized carbons (Fsp3) is 0.300. The van der Waals surface area contributed by atoms with E-state index in [1.807, 2.05) is 44.2 Å². The van der Waals surface area contributed by atoms with Crippen LogP contribution in [0.5, 0.6) is 5.75 Å². The number of aryl methyl sites for hydroxylation is 1. The van der Waals surface area contributed by atoms with Gasteiger partial charge in [-0.15, -0.1) is 0 Å². The van der Waals surface area contributed by atoms with Crippen molar-refractivity contribution in [2.24, 2.45) is 0 Å². The van der Waals surface area contributed by atoms with E-state index in [0.29, 0.717) is 23.5 Å². The van der Waals surface area contributed by atoms with Crippen molar-refractivity contribution in [3.05, 3.63) is 53.6 Å². The zero-order chi connectivity index (χ0) is 18.4. The summed E-state index contributed by atoms with van der Waals surface area (Å²) < 4.78 is 5.75. The Kier molecular flexibility index (Phi) is 6.17. The van der Waals surface area contributed by atoms with Crippen LogP contribution in [-0.2, 0) is 9.59 Å². The van der Waals surface area contributed by atoms with Crippen molar-refractivity contribution >= 4 is 23.2 Å². The first-order valence-corrected chi connectivity index (χ1v) is 8.35. The molecule has 0 aliphatic carbocycles. The van der Waals surface area contributed by atoms with Crippen LogP contribution in [0.1, 0.15) is 31.4 Å². The van der Waals surface area contributed by atoms with Crippen LogP contribution in [0, 0.1) is 13.8 Å². The summed E-state index contributed by atoms with van der Waals surface area (Å²) in [7, 11) is 0. The first-order chi connectivity index (χ1) is 11.9. The minimum absolute atomic E-state index is 0.0668. The van der Waals surface area contributed by atoms with Crippen molar-refractivity contribution in [2.75, 3.05) is 10.6 Å². The third-order valence-corrected chi connectivity index (χ3v) is 3.95. The van der Waals surface area contributed by atoms with Crippen molar-refractivity contribution in [2.45, 2.75) is 40.2 Å². The quantitative estimate of drug-likeness (QED) is 0.833. The number of hydrogen-bond acceptors (Lipinski definition) is 3. The van der Waals surface area contributed by atoms with E-state index in [2.05, 4.69) is 10.6 Å². The van der Waals surface area contributed by atoms with Gasteiger partial charge in [-0.2, -0.15) is 0 Å². The Balaban J connectivity index is 2.08. The average Bonchev–Trinajstić information content (AvgIpc) is 2.60. The second-order valence-electron chi connectivity index (χ2n) is 5.89. The van der Waals surface area contributed by atoms with Crippen LogP contribution in [0.3, 0.4) is 0 Å². The van der Waals surface area contributed by atoms with E-state index in [4.69, 9.17) is 4.74 Å². The fourth-order valence-electron chi connectivity index (χ4n) is 2.31. The molecule has 132 valence electrons. The molecule has 0 fully saturated rings. The molecule has 2 N–H and O–H groups in total. The molecule has 2 aromatic carbocycles. The van der Waals surface area contributed by atoms with Crippen LogP contribution in [0.2, 0.25) is 0 Å². The molecule has 2 rings (SSSR count).